The van der Waals surface area contributed by atoms with Gasteiger partial charge >= 0.3 is 6.16 Å². The van der Waals surface area contributed by atoms with Crippen LogP contribution in [-0.4, -0.2) is 18.4 Å². The number of unbranched alkanes of at least 4 members (excludes halogenated alkanes) is 4. The first-order valence-corrected chi connectivity index (χ1v) is 5.61. The summed E-state index contributed by atoms with van der Waals surface area (Å²) in [6, 6.07) is 0. The van der Waals surface area contributed by atoms with Crippen LogP contribution in [0.25, 0.3) is 0 Å². The van der Waals surface area contributed by atoms with E-state index in [-0.39, 0.29) is 12.2 Å². The summed E-state index contributed by atoms with van der Waals surface area (Å²) in [5.41, 5.74) is 0. The molecule has 0 aliphatic carbocycles. The van der Waals surface area contributed by atoms with Gasteiger partial charge in [-0.2, -0.15) is 0 Å². The van der Waals surface area contributed by atoms with E-state index in [1.54, 1.807) is 0 Å². The van der Waals surface area contributed by atoms with E-state index in [0.717, 1.165) is 12.8 Å². The van der Waals surface area contributed by atoms with Crippen molar-refractivity contribution in [2.75, 3.05) is 0 Å². The predicted octanol–water partition coefficient (Wildman–Crippen LogP) is 3.27. The van der Waals surface area contributed by atoms with Crippen LogP contribution in [0.5, 0.6) is 0 Å². The average Bonchev–Trinajstić information content (AvgIpc) is 2.45. The zero-order chi connectivity index (χ0) is 10.4. The van der Waals surface area contributed by atoms with Crippen LogP contribution >= 0.6 is 0 Å². The summed E-state index contributed by atoms with van der Waals surface area (Å²) in [7, 11) is 0. The fraction of sp³-hybridized carbons (Fsp3) is 0.909. The molecule has 2 atom stereocenters. The third-order valence-electron chi connectivity index (χ3n) is 2.65. The first-order valence-electron chi connectivity index (χ1n) is 5.61. The van der Waals surface area contributed by atoms with Gasteiger partial charge in [0.15, 0.2) is 0 Å². The van der Waals surface area contributed by atoms with Gasteiger partial charge in [0.05, 0.1) is 0 Å². The van der Waals surface area contributed by atoms with E-state index < -0.39 is 6.16 Å². The van der Waals surface area contributed by atoms with Gasteiger partial charge in [-0.1, -0.05) is 32.6 Å². The molecule has 0 aromatic carbocycles. The van der Waals surface area contributed by atoms with Gasteiger partial charge in [0.1, 0.15) is 12.2 Å². The minimum absolute atomic E-state index is 0.0101. The van der Waals surface area contributed by atoms with Crippen LogP contribution in [0.4, 0.5) is 4.79 Å². The molecule has 1 fully saturated rings. The average molecular weight is 200 g/mol. The van der Waals surface area contributed by atoms with E-state index in [4.69, 9.17) is 9.47 Å². The van der Waals surface area contributed by atoms with Gasteiger partial charge < -0.3 is 9.47 Å². The van der Waals surface area contributed by atoms with Crippen molar-refractivity contribution in [2.45, 2.75) is 64.6 Å². The van der Waals surface area contributed by atoms with Crippen molar-refractivity contribution < 1.29 is 14.3 Å². The Morgan fingerprint density at radius 1 is 1.14 bits per heavy atom. The lowest BCUT2D eigenvalue weighted by molar-refractivity contribution is 0.115. The van der Waals surface area contributed by atoms with Crippen LogP contribution in [0, 0.1) is 0 Å². The molecule has 1 aliphatic rings. The summed E-state index contributed by atoms with van der Waals surface area (Å²) in [5, 5.41) is 0. The van der Waals surface area contributed by atoms with Crippen LogP contribution in [0.3, 0.4) is 0 Å². The largest absolute Gasteiger partial charge is 0.509 e. The molecule has 0 radical (unpaired) electrons. The van der Waals surface area contributed by atoms with Crippen molar-refractivity contribution in [3.8, 4) is 0 Å². The van der Waals surface area contributed by atoms with Crippen molar-refractivity contribution in [2.24, 2.45) is 0 Å². The number of hydrogen-bond acceptors (Lipinski definition) is 3. The standard InChI is InChI=1S/C11H20O3/c1-3-4-5-6-7-8-10-9(2)13-11(12)14-10/h9-10H,3-8H2,1-2H3/t9-,10+/m1/s1. The van der Waals surface area contributed by atoms with Crippen molar-refractivity contribution in [3.63, 3.8) is 0 Å². The van der Waals surface area contributed by atoms with E-state index in [1.165, 1.54) is 25.7 Å². The third kappa shape index (κ3) is 3.56. The molecule has 0 unspecified atom stereocenters. The summed E-state index contributed by atoms with van der Waals surface area (Å²) >= 11 is 0. The number of carbonyl (C=O) groups excluding carboxylic acids is 1. The Morgan fingerprint density at radius 3 is 2.43 bits per heavy atom. The SMILES string of the molecule is CCCCCCC[C@@H]1OC(=O)O[C@@H]1C. The smallest absolute Gasteiger partial charge is 0.427 e. The molecule has 0 amide bonds. The van der Waals surface area contributed by atoms with E-state index in [0.29, 0.717) is 0 Å². The van der Waals surface area contributed by atoms with Crippen LogP contribution in [-0.2, 0) is 9.47 Å². The fourth-order valence-corrected chi connectivity index (χ4v) is 1.72. The highest BCUT2D eigenvalue weighted by Gasteiger charge is 2.32. The Morgan fingerprint density at radius 2 is 1.86 bits per heavy atom. The van der Waals surface area contributed by atoms with Crippen LogP contribution in [0.15, 0.2) is 0 Å². The molecule has 1 heterocycles. The molecule has 0 saturated carbocycles. The van der Waals surface area contributed by atoms with Gasteiger partial charge in [-0.25, -0.2) is 4.79 Å². The van der Waals surface area contributed by atoms with Crippen LogP contribution < -0.4 is 0 Å². The van der Waals surface area contributed by atoms with Crippen LogP contribution in [0.1, 0.15) is 52.4 Å². The lowest BCUT2D eigenvalue weighted by atomic mass is 10.1. The number of hydrogen-bond donors (Lipinski definition) is 0. The van der Waals surface area contributed by atoms with Gasteiger partial charge in [-0.05, 0) is 19.8 Å². The summed E-state index contributed by atoms with van der Waals surface area (Å²) in [5.74, 6) is 0. The maximum Gasteiger partial charge on any atom is 0.509 e. The number of rotatable bonds is 6. The lowest BCUT2D eigenvalue weighted by Crippen LogP contribution is -2.18. The van der Waals surface area contributed by atoms with Gasteiger partial charge in [0.2, 0.25) is 0 Å². The molecule has 0 aromatic heterocycles. The molecule has 1 rings (SSSR count). The highest BCUT2D eigenvalue weighted by Crippen LogP contribution is 2.20. The van der Waals surface area contributed by atoms with Gasteiger partial charge in [0.25, 0.3) is 0 Å². The molecule has 0 spiro atoms. The minimum Gasteiger partial charge on any atom is -0.427 e. The molecule has 0 aromatic rings. The summed E-state index contributed by atoms with van der Waals surface area (Å²) < 4.78 is 9.91. The highest BCUT2D eigenvalue weighted by molar-refractivity contribution is 5.62. The second-order valence-electron chi connectivity index (χ2n) is 3.93. The molecule has 82 valence electrons. The van der Waals surface area contributed by atoms with Crippen molar-refractivity contribution in [3.05, 3.63) is 0 Å². The third-order valence-corrected chi connectivity index (χ3v) is 2.65. The van der Waals surface area contributed by atoms with Gasteiger partial charge in [-0.3, -0.25) is 0 Å². The highest BCUT2D eigenvalue weighted by atomic mass is 16.8. The Kier molecular flexibility index (Phi) is 4.77. The van der Waals surface area contributed by atoms with Crippen molar-refractivity contribution >= 4 is 6.16 Å². The fourth-order valence-electron chi connectivity index (χ4n) is 1.72. The molecular formula is C11H20O3. The van der Waals surface area contributed by atoms with E-state index in [1.807, 2.05) is 6.92 Å². The first kappa shape index (κ1) is 11.3. The monoisotopic (exact) mass is 200 g/mol. The number of carbonyl (C=O) groups is 1. The van der Waals surface area contributed by atoms with Gasteiger partial charge in [-0.15, -0.1) is 0 Å². The van der Waals surface area contributed by atoms with Gasteiger partial charge in [0, 0.05) is 0 Å². The topological polar surface area (TPSA) is 35.5 Å². The van der Waals surface area contributed by atoms with Crippen molar-refractivity contribution in [1.29, 1.82) is 0 Å². The Labute approximate surface area is 85.8 Å². The van der Waals surface area contributed by atoms with Crippen LogP contribution in [0.2, 0.25) is 0 Å². The zero-order valence-corrected chi connectivity index (χ0v) is 9.12. The molecule has 0 N–H and O–H groups in total. The number of ether oxygens (including phenoxy) is 2. The van der Waals surface area contributed by atoms with E-state index in [2.05, 4.69) is 6.92 Å². The second kappa shape index (κ2) is 5.89. The maximum absolute atomic E-state index is 10.8. The summed E-state index contributed by atoms with van der Waals surface area (Å²) in [6.45, 7) is 4.09. The zero-order valence-electron chi connectivity index (χ0n) is 9.12. The quantitative estimate of drug-likeness (QED) is 0.487. The predicted molar refractivity (Wildman–Crippen MR) is 54.2 cm³/mol. The summed E-state index contributed by atoms with van der Waals surface area (Å²) in [6.07, 6.45) is 6.58. The minimum atomic E-state index is -0.504. The maximum atomic E-state index is 10.8. The number of cyclic esters (lactones) is 2. The van der Waals surface area contributed by atoms with E-state index >= 15 is 0 Å². The molecule has 3 heteroatoms. The molecule has 3 nitrogen and oxygen atoms in total. The molecule has 1 saturated heterocycles. The Bertz CT molecular complexity index is 179. The van der Waals surface area contributed by atoms with E-state index in [9.17, 15) is 4.79 Å². The molecular weight excluding hydrogens is 180 g/mol. The summed E-state index contributed by atoms with van der Waals surface area (Å²) in [4.78, 5) is 10.8. The normalized spacial score (nSPS) is 26.0. The molecule has 1 aliphatic heterocycles. The first-order chi connectivity index (χ1) is 6.74. The lowest BCUT2D eigenvalue weighted by Gasteiger charge is -2.10. The Hall–Kier alpha value is -0.730. The van der Waals surface area contributed by atoms with Crippen molar-refractivity contribution in [1.82, 2.24) is 0 Å². The second-order valence-corrected chi connectivity index (χ2v) is 3.93. The molecule has 0 bridgehead atoms. The Balaban J connectivity index is 2.04. The molecule has 14 heavy (non-hydrogen) atoms.